The Hall–Kier alpha value is -4.12. The summed E-state index contributed by atoms with van der Waals surface area (Å²) >= 11 is 0. The number of aromatic nitrogens is 2. The van der Waals surface area contributed by atoms with Crippen LogP contribution in [0.15, 0.2) is 160 Å². The van der Waals surface area contributed by atoms with Gasteiger partial charge in [-0.05, 0) is 66.7 Å². The minimum Gasteiger partial charge on any atom is -0.456 e. The number of hydrogen-bond acceptors (Lipinski definition) is 3. The molecule has 0 amide bonds. The van der Waals surface area contributed by atoms with E-state index in [9.17, 15) is 0 Å². The highest BCUT2D eigenvalue weighted by molar-refractivity contribution is 8.32. The fourth-order valence-electron chi connectivity index (χ4n) is 14.8. The Bertz CT molecular complexity index is 4210. The lowest BCUT2D eigenvalue weighted by Crippen LogP contribution is -2.92. The van der Waals surface area contributed by atoms with Gasteiger partial charge in [0.2, 0.25) is 0 Å². The standard InChI is InChI=1S/C44H25N3O2.B40/c1-4-12-35-33(11-1)43-34-22-19-26(23-38(34)47-37-14-6-5-13-36(37)46(35)44(43)47)45(27-17-20-31-29-9-2-7-15-39(29)48-41(31)24-27)28-18-21-32-30-10-3-8-16-40(30)49-42(32)25-28;1-22(2)32(21)37(31(19)20)40(38(33(23(3)4)24(5)6)34(25(7)8)26(9)10)39(35(27(11)12)28(13)14)36(29(15)16)30(17)18/h1-25H;. The zero-order valence-corrected chi connectivity index (χ0v) is 49.2. The second kappa shape index (κ2) is 27.1. The van der Waals surface area contributed by atoms with Crippen molar-refractivity contribution in [2.24, 2.45) is 0 Å². The summed E-state index contributed by atoms with van der Waals surface area (Å²) in [5.41, 5.74) is 12.6. The summed E-state index contributed by atoms with van der Waals surface area (Å²) < 4.78 is 17.6. The first-order valence-electron chi connectivity index (χ1n) is 29.6. The molecule has 5 nitrogen and oxygen atoms in total. The van der Waals surface area contributed by atoms with Crippen LogP contribution >= 0.6 is 0 Å². The monoisotopic (exact) mass is 1070 g/mol. The Morgan fingerprint density at radius 1 is 0.258 bits per heavy atom. The van der Waals surface area contributed by atoms with E-state index in [-0.39, 0.29) is 0 Å². The van der Waals surface area contributed by atoms with E-state index in [1.165, 1.54) is 43.9 Å². The average Bonchev–Trinajstić information content (AvgIpc) is 1.53. The molecule has 0 aliphatic carbocycles. The van der Waals surface area contributed by atoms with Gasteiger partial charge in [0, 0.05) is 351 Å². The molecule has 0 saturated carbocycles. The molecule has 5 heterocycles. The fourth-order valence-corrected chi connectivity index (χ4v) is 14.8. The normalized spacial score (nSPS) is 11.2. The van der Waals surface area contributed by atoms with Crippen LogP contribution in [0.4, 0.5) is 17.1 Å². The van der Waals surface area contributed by atoms with E-state index in [1.54, 1.807) is 0 Å². The minimum atomic E-state index is -1.25. The van der Waals surface area contributed by atoms with Gasteiger partial charge in [-0.3, -0.25) is 8.80 Å². The first-order chi connectivity index (χ1) is 42.4. The van der Waals surface area contributed by atoms with Crippen molar-refractivity contribution in [1.29, 1.82) is 0 Å². The van der Waals surface area contributed by atoms with E-state index in [0.29, 0.717) is 0 Å². The van der Waals surface area contributed by atoms with Gasteiger partial charge in [-0.15, -0.1) is 0 Å². The molecule has 0 aliphatic heterocycles. The minimum absolute atomic E-state index is 0.857. The molecule has 89 heavy (non-hydrogen) atoms. The van der Waals surface area contributed by atoms with Crippen molar-refractivity contribution in [3.63, 3.8) is 0 Å². The zero-order valence-electron chi connectivity index (χ0n) is 49.2. The highest BCUT2D eigenvalue weighted by atomic mass is 16.3. The van der Waals surface area contributed by atoms with Gasteiger partial charge < -0.3 is 13.7 Å². The summed E-state index contributed by atoms with van der Waals surface area (Å²) in [6.45, 7) is 0. The molecule has 42 radical (unpaired) electrons. The van der Waals surface area contributed by atoms with Crippen LogP contribution in [0.1, 0.15) is 0 Å². The van der Waals surface area contributed by atoms with Crippen molar-refractivity contribution >= 4 is 389 Å². The van der Waals surface area contributed by atoms with Crippen LogP contribution in [-0.4, -0.2) is 293 Å². The molecule has 0 fully saturated rings. The fraction of sp³-hybridized carbons (Fsp3) is 0. The molecule has 348 valence electrons. The van der Waals surface area contributed by atoms with E-state index in [0.717, 1.165) is 60.9 Å². The maximum Gasteiger partial charge on any atom is 0.137 e. The molecule has 0 N–H and O–H groups in total. The van der Waals surface area contributed by atoms with Crippen LogP contribution in [0, 0.1) is 0 Å². The van der Waals surface area contributed by atoms with Crippen LogP contribution in [0.5, 0.6) is 0 Å². The molecule has 12 rings (SSSR count). The molecule has 0 bridgehead atoms. The highest BCUT2D eigenvalue weighted by Gasteiger charge is 2.57. The Kier molecular flexibility index (Phi) is 20.2. The Balaban J connectivity index is 0.000000189. The van der Waals surface area contributed by atoms with Gasteiger partial charge in [-0.25, -0.2) is 0 Å². The van der Waals surface area contributed by atoms with Crippen LogP contribution in [0.2, 0.25) is 0 Å². The van der Waals surface area contributed by atoms with Gasteiger partial charge in [0.05, 0.1) is 22.1 Å². The third kappa shape index (κ3) is 12.2. The number of anilines is 3. The summed E-state index contributed by atoms with van der Waals surface area (Å²) in [6.07, 6.45) is -21.7. The van der Waals surface area contributed by atoms with E-state index in [4.69, 9.17) is 171 Å². The summed E-state index contributed by atoms with van der Waals surface area (Å²) in [7, 11) is 131. The van der Waals surface area contributed by atoms with Crippen molar-refractivity contribution in [2.75, 3.05) is 4.90 Å². The largest absolute Gasteiger partial charge is 0.456 e. The summed E-state index contributed by atoms with van der Waals surface area (Å²) in [6, 6.07) is 53.9. The second-order valence-electron chi connectivity index (χ2n) is 23.9. The molecule has 0 unspecified atom stereocenters. The van der Waals surface area contributed by atoms with Crippen LogP contribution < -0.4 is 4.90 Å². The van der Waals surface area contributed by atoms with Crippen molar-refractivity contribution in [3.8, 4) is 0 Å². The van der Waals surface area contributed by atoms with Crippen molar-refractivity contribution < 1.29 is 8.83 Å². The van der Waals surface area contributed by atoms with Gasteiger partial charge in [0.15, 0.2) is 0 Å². The second-order valence-corrected chi connectivity index (χ2v) is 23.9. The molecule has 0 aliphatic rings. The maximum atomic E-state index is 6.54. The molecular weight excluding hydrogens is 1030 g/mol. The number of rotatable bonds is 21. The van der Waals surface area contributed by atoms with Gasteiger partial charge in [-0.2, -0.15) is 0 Å². The molecule has 0 spiro atoms. The predicted octanol–water partition coefficient (Wildman–Crippen LogP) is -2.87. The Morgan fingerprint density at radius 2 is 0.562 bits per heavy atom. The summed E-state index contributed by atoms with van der Waals surface area (Å²) in [4.78, 5) is 2.32. The van der Waals surface area contributed by atoms with Crippen molar-refractivity contribution in [2.45, 2.75) is 0 Å². The van der Waals surface area contributed by atoms with Gasteiger partial charge >= 0.3 is 0 Å². The van der Waals surface area contributed by atoms with Gasteiger partial charge in [0.1, 0.15) is 28.0 Å². The van der Waals surface area contributed by atoms with Crippen LogP contribution in [0.25, 0.3) is 87.7 Å². The molecule has 45 heteroatoms. The number of para-hydroxylation sites is 5. The number of imidazole rings is 1. The quantitative estimate of drug-likeness (QED) is 0.0729. The highest BCUT2D eigenvalue weighted by Crippen LogP contribution is 2.45. The SMILES string of the molecule is [B]B([B])B([B])B(B([B])[B])B(B(B(B([B])[B])B([B])[B])B(B([B])[B])B([B])[B])B(B(B([B])[B])B([B])[B])B(B([B])[B])B([B])[B].c1ccc2c(c1)oc1cc(N(c3ccc4c(c3)oc3ccccc34)c3ccc4c5c6ccccc6n6c7ccccc7n(c4c3)c56)ccc12. The number of hydrogen-bond donors (Lipinski definition) is 0. The third-order valence-electron chi connectivity index (χ3n) is 18.4. The Labute approximate surface area is 558 Å². The smallest absolute Gasteiger partial charge is 0.137 e. The lowest BCUT2D eigenvalue weighted by Gasteiger charge is -2.54. The lowest BCUT2D eigenvalue weighted by molar-refractivity contribution is 0.669. The maximum absolute atomic E-state index is 6.54. The molecule has 12 aromatic rings. The number of fused-ring (bicyclic) bond motifs is 15. The molecular formula is C44H25B40N3O2. The van der Waals surface area contributed by atoms with E-state index < -0.39 is 121 Å². The van der Waals surface area contributed by atoms with Gasteiger partial charge in [-0.1, -0.05) is 72.8 Å². The van der Waals surface area contributed by atoms with Crippen molar-refractivity contribution in [3.05, 3.63) is 152 Å². The topological polar surface area (TPSA) is 38.3 Å². The molecule has 5 aromatic heterocycles. The number of furan rings is 2. The summed E-state index contributed by atoms with van der Waals surface area (Å²) in [5.74, 6) is 0. The molecule has 7 aromatic carbocycles. The predicted molar refractivity (Wildman–Crippen MR) is 431 cm³/mol. The van der Waals surface area contributed by atoms with E-state index in [1.807, 2.05) is 24.3 Å². The average molecular weight is 1060 g/mol. The number of nitrogens with zero attached hydrogens (tertiary/aromatic N) is 3. The molecule has 0 saturated heterocycles. The molecule has 0 atom stereocenters. The summed E-state index contributed by atoms with van der Waals surface area (Å²) in [5, 5.41) is 8.25. The Morgan fingerprint density at radius 3 is 0.955 bits per heavy atom. The van der Waals surface area contributed by atoms with Crippen molar-refractivity contribution in [1.82, 2.24) is 8.80 Å². The number of benzene rings is 7. The zero-order chi connectivity index (χ0) is 63.8. The first-order valence-corrected chi connectivity index (χ1v) is 29.6. The van der Waals surface area contributed by atoms with Crippen LogP contribution in [0.3, 0.4) is 0 Å². The van der Waals surface area contributed by atoms with E-state index in [2.05, 4.69) is 141 Å². The van der Waals surface area contributed by atoms with E-state index >= 15 is 0 Å². The lowest BCUT2D eigenvalue weighted by atomic mass is 8.27. The van der Waals surface area contributed by atoms with Gasteiger partial charge in [0.25, 0.3) is 0 Å². The van der Waals surface area contributed by atoms with Crippen LogP contribution in [-0.2, 0) is 0 Å². The third-order valence-corrected chi connectivity index (χ3v) is 18.4. The first kappa shape index (κ1) is 66.3.